The molecule has 0 nitrogen and oxygen atoms in total. The van der Waals surface area contributed by atoms with Gasteiger partial charge in [0.2, 0.25) is 0 Å². The highest BCUT2D eigenvalue weighted by Crippen LogP contribution is 2.71. The standard InChI is InChI=1S/H9P7/c1-3-5-7-6-4-2/h3-7H,1-2H2. The van der Waals surface area contributed by atoms with Crippen LogP contribution < -0.4 is 0 Å². The summed E-state index contributed by atoms with van der Waals surface area (Å²) >= 11 is 0. The van der Waals surface area contributed by atoms with E-state index in [-0.39, 0.29) is 0 Å². The highest BCUT2D eigenvalue weighted by atomic mass is 32.8. The lowest BCUT2D eigenvalue weighted by Gasteiger charge is -1.92. The molecular weight excluding hydrogens is 217 g/mol. The van der Waals surface area contributed by atoms with Crippen LogP contribution in [0.1, 0.15) is 0 Å². The lowest BCUT2D eigenvalue weighted by atomic mass is 29.1. The van der Waals surface area contributed by atoms with Gasteiger partial charge in [0.15, 0.2) is 0 Å². The van der Waals surface area contributed by atoms with E-state index in [4.69, 9.17) is 0 Å². The van der Waals surface area contributed by atoms with Crippen LogP contribution in [-0.2, 0) is 0 Å². The minimum atomic E-state index is 1.13. The fourth-order valence-corrected chi connectivity index (χ4v) is 25.1. The van der Waals surface area contributed by atoms with Crippen molar-refractivity contribution in [3.63, 3.8) is 0 Å². The van der Waals surface area contributed by atoms with Crippen molar-refractivity contribution < 1.29 is 0 Å². The van der Waals surface area contributed by atoms with E-state index in [2.05, 4.69) is 17.9 Å². The SMILES string of the molecule is PPPPPPP. The summed E-state index contributed by atoms with van der Waals surface area (Å²) in [5.74, 6) is 0. The number of hydrogen-bond acceptors (Lipinski definition) is 0. The van der Waals surface area contributed by atoms with Crippen LogP contribution >= 0.6 is 57.6 Å². The molecule has 0 aliphatic heterocycles. The van der Waals surface area contributed by atoms with Gasteiger partial charge >= 0.3 is 0 Å². The molecular formula is H9P7. The molecule has 0 amide bonds. The Morgan fingerprint density at radius 2 is 1.14 bits per heavy atom. The average Bonchev–Trinajstić information content (AvgIpc) is 1.69. The van der Waals surface area contributed by atoms with Gasteiger partial charge in [0.25, 0.3) is 0 Å². The molecule has 7 heavy (non-hydrogen) atoms. The Kier molecular flexibility index (Phi) is 12.9. The molecule has 44 valence electrons. The van der Waals surface area contributed by atoms with Gasteiger partial charge < -0.3 is 0 Å². The first-order chi connectivity index (χ1) is 3.41. The summed E-state index contributed by atoms with van der Waals surface area (Å²) in [5, 5.41) is 0. The molecule has 0 radical (unpaired) electrons. The van der Waals surface area contributed by atoms with E-state index in [9.17, 15) is 0 Å². The third-order valence-corrected chi connectivity index (χ3v) is 21.8. The average molecular weight is 226 g/mol. The highest BCUT2D eigenvalue weighted by Gasteiger charge is 1.78. The molecule has 0 heterocycles. The van der Waals surface area contributed by atoms with Gasteiger partial charge in [-0.15, -0.1) is 17.9 Å². The fraction of sp³-hybridized carbons (Fsp3) is 0. The summed E-state index contributed by atoms with van der Waals surface area (Å²) in [6, 6.07) is 0. The van der Waals surface area contributed by atoms with Gasteiger partial charge in [-0.25, -0.2) is 0 Å². The molecule has 6 atom stereocenters. The molecule has 0 fully saturated rings. The van der Waals surface area contributed by atoms with Crippen LogP contribution in [0.5, 0.6) is 0 Å². The molecule has 0 saturated carbocycles. The minimum absolute atomic E-state index is 1.13. The topological polar surface area (TPSA) is 0 Å². The molecule has 7 heteroatoms. The summed E-state index contributed by atoms with van der Waals surface area (Å²) in [4.78, 5) is 0. The van der Waals surface area contributed by atoms with Crippen LogP contribution in [0.15, 0.2) is 0 Å². The van der Waals surface area contributed by atoms with Crippen LogP contribution in [0.4, 0.5) is 0 Å². The Labute approximate surface area is 58.0 Å². The number of hydrogen-bond donors (Lipinski definition) is 0. The van der Waals surface area contributed by atoms with Gasteiger partial charge in [0, 0.05) is 0 Å². The predicted molar refractivity (Wildman–Crippen MR) is 61.0 cm³/mol. The van der Waals surface area contributed by atoms with Gasteiger partial charge in [-0.3, -0.25) is 0 Å². The quantitative estimate of drug-likeness (QED) is 0.507. The van der Waals surface area contributed by atoms with E-state index in [0.717, 1.165) is 15.9 Å². The van der Waals surface area contributed by atoms with Crippen LogP contribution in [0.25, 0.3) is 0 Å². The van der Waals surface area contributed by atoms with Crippen molar-refractivity contribution in [1.29, 1.82) is 0 Å². The Morgan fingerprint density at radius 3 is 1.43 bits per heavy atom. The lowest BCUT2D eigenvalue weighted by molar-refractivity contribution is 5.07. The van der Waals surface area contributed by atoms with Gasteiger partial charge in [0.1, 0.15) is 0 Å². The summed E-state index contributed by atoms with van der Waals surface area (Å²) in [7, 11) is 11.6. The summed E-state index contributed by atoms with van der Waals surface area (Å²) in [5.41, 5.74) is 0. The van der Waals surface area contributed by atoms with Crippen molar-refractivity contribution in [2.75, 3.05) is 0 Å². The second-order valence-electron chi connectivity index (χ2n) is 0.664. The third kappa shape index (κ3) is 9.01. The Bertz CT molecular complexity index is 19.2. The van der Waals surface area contributed by atoms with Crippen molar-refractivity contribution in [2.45, 2.75) is 0 Å². The summed E-state index contributed by atoms with van der Waals surface area (Å²) in [6.07, 6.45) is 0. The summed E-state index contributed by atoms with van der Waals surface area (Å²) in [6.45, 7) is 0. The zero-order valence-corrected chi connectivity index (χ0v) is 11.0. The van der Waals surface area contributed by atoms with Crippen molar-refractivity contribution in [2.24, 2.45) is 0 Å². The molecule has 0 aromatic carbocycles. The zero-order valence-electron chi connectivity index (χ0n) is 3.65. The van der Waals surface area contributed by atoms with Crippen molar-refractivity contribution >= 4 is 57.6 Å². The van der Waals surface area contributed by atoms with E-state index in [1.807, 2.05) is 0 Å². The second-order valence-corrected chi connectivity index (χ2v) is 17.9. The largest absolute Gasteiger partial charge is 0.110 e. The maximum Gasteiger partial charge on any atom is -0.0678 e. The van der Waals surface area contributed by atoms with Gasteiger partial charge in [-0.05, 0) is 0 Å². The smallest absolute Gasteiger partial charge is 0.0678 e. The van der Waals surface area contributed by atoms with Crippen LogP contribution in [0, 0.1) is 0 Å². The number of rotatable bonds is 4. The van der Waals surface area contributed by atoms with Gasteiger partial charge in [0.05, 0.1) is 0 Å². The summed E-state index contributed by atoms with van der Waals surface area (Å²) < 4.78 is 0. The molecule has 0 N–H and O–H groups in total. The normalized spacial score (nSPS) is 18.0. The molecule has 0 saturated heterocycles. The maximum atomic E-state index is 2.80. The van der Waals surface area contributed by atoms with Gasteiger partial charge in [-0.2, -0.15) is 0 Å². The molecule has 0 spiro atoms. The lowest BCUT2D eigenvalue weighted by Crippen LogP contribution is -0.986. The first-order valence-corrected chi connectivity index (χ1v) is 14.2. The van der Waals surface area contributed by atoms with Crippen molar-refractivity contribution in [3.8, 4) is 0 Å². The fourth-order valence-electron chi connectivity index (χ4n) is 0.103. The molecule has 0 rings (SSSR count). The molecule has 0 aromatic heterocycles. The second kappa shape index (κ2) is 9.01. The molecule has 0 aliphatic carbocycles. The van der Waals surface area contributed by atoms with E-state index in [0.29, 0.717) is 0 Å². The molecule has 0 bridgehead atoms. The molecule has 0 aliphatic rings. The van der Waals surface area contributed by atoms with Gasteiger partial charge in [-0.1, -0.05) is 39.8 Å². The van der Waals surface area contributed by atoms with Crippen LogP contribution in [0.3, 0.4) is 0 Å². The van der Waals surface area contributed by atoms with Crippen molar-refractivity contribution in [1.82, 2.24) is 0 Å². The zero-order chi connectivity index (χ0) is 5.54. The monoisotopic (exact) mass is 226 g/mol. The molecule has 0 aromatic rings. The highest BCUT2D eigenvalue weighted by molar-refractivity contribution is 8.77. The van der Waals surface area contributed by atoms with E-state index in [1.54, 1.807) is 0 Å². The predicted octanol–water partition coefficient (Wildman–Crippen LogP) is 3.62. The first-order valence-electron chi connectivity index (χ1n) is 1.58. The first kappa shape index (κ1) is 10.0. The van der Waals surface area contributed by atoms with Crippen LogP contribution in [0.2, 0.25) is 0 Å². The third-order valence-electron chi connectivity index (χ3n) is 0.269. The van der Waals surface area contributed by atoms with Crippen molar-refractivity contribution in [3.05, 3.63) is 0 Å². The maximum absolute atomic E-state index is 2.80. The van der Waals surface area contributed by atoms with E-state index >= 15 is 0 Å². The minimum Gasteiger partial charge on any atom is -0.110 e. The molecule has 6 unspecified atom stereocenters. The van der Waals surface area contributed by atoms with E-state index < -0.39 is 0 Å². The Morgan fingerprint density at radius 1 is 0.714 bits per heavy atom. The Hall–Kier alpha value is 3.01. The van der Waals surface area contributed by atoms with E-state index in [1.165, 1.54) is 23.9 Å². The Balaban J connectivity index is 2.45. The van der Waals surface area contributed by atoms with Crippen LogP contribution in [-0.4, -0.2) is 0 Å².